The number of amides is 1. The first-order valence-corrected chi connectivity index (χ1v) is 9.08. The summed E-state index contributed by atoms with van der Waals surface area (Å²) >= 11 is 1.62. The number of rotatable bonds is 4. The van der Waals surface area contributed by atoms with Crippen LogP contribution in [0.5, 0.6) is 0 Å². The molecule has 0 unspecified atom stereocenters. The summed E-state index contributed by atoms with van der Waals surface area (Å²) in [5.41, 5.74) is 5.75. The van der Waals surface area contributed by atoms with Crippen LogP contribution in [-0.4, -0.2) is 45.9 Å². The highest BCUT2D eigenvalue weighted by Crippen LogP contribution is 2.44. The normalized spacial score (nSPS) is 25.0. The molecular formula is C15H27N3O2S. The van der Waals surface area contributed by atoms with Crippen LogP contribution < -0.4 is 5.73 Å². The molecule has 6 heteroatoms. The number of nitrogens with zero attached hydrogens (tertiary/aromatic N) is 2. The van der Waals surface area contributed by atoms with Crippen molar-refractivity contribution in [1.82, 2.24) is 4.90 Å². The van der Waals surface area contributed by atoms with Gasteiger partial charge in [0.15, 0.2) is 5.84 Å². The fourth-order valence-corrected chi connectivity index (χ4v) is 4.67. The molecule has 2 rings (SSSR count). The van der Waals surface area contributed by atoms with E-state index >= 15 is 0 Å². The summed E-state index contributed by atoms with van der Waals surface area (Å²) in [7, 11) is 0. The number of oxime groups is 1. The van der Waals surface area contributed by atoms with Crippen molar-refractivity contribution >= 4 is 23.5 Å². The van der Waals surface area contributed by atoms with Crippen molar-refractivity contribution < 1.29 is 10.0 Å². The van der Waals surface area contributed by atoms with Gasteiger partial charge in [-0.15, -0.1) is 0 Å². The Kier molecular flexibility index (Phi) is 5.07. The summed E-state index contributed by atoms with van der Waals surface area (Å²) in [4.78, 5) is 14.9. The number of thioether (sulfide) groups is 1. The zero-order valence-electron chi connectivity index (χ0n) is 13.1. The Morgan fingerprint density at radius 1 is 1.29 bits per heavy atom. The lowest BCUT2D eigenvalue weighted by Gasteiger charge is -2.42. The maximum absolute atomic E-state index is 12.9. The highest BCUT2D eigenvalue weighted by Gasteiger charge is 2.45. The molecule has 0 atom stereocenters. The molecule has 0 spiro atoms. The molecule has 1 aliphatic carbocycles. The first-order chi connectivity index (χ1) is 10.0. The Hall–Kier alpha value is -0.910. The minimum atomic E-state index is -0.319. The van der Waals surface area contributed by atoms with Crippen molar-refractivity contribution in [2.75, 3.05) is 19.3 Å². The summed E-state index contributed by atoms with van der Waals surface area (Å²) in [6.45, 7) is 3.55. The van der Waals surface area contributed by atoms with Gasteiger partial charge in [-0.3, -0.25) is 4.79 Å². The van der Waals surface area contributed by atoms with Gasteiger partial charge in [0.05, 0.1) is 4.75 Å². The maximum atomic E-state index is 12.9. The van der Waals surface area contributed by atoms with E-state index in [0.29, 0.717) is 19.0 Å². The van der Waals surface area contributed by atoms with Crippen LogP contribution in [0.25, 0.3) is 0 Å². The van der Waals surface area contributed by atoms with Crippen molar-refractivity contribution in [3.63, 3.8) is 0 Å². The zero-order valence-corrected chi connectivity index (χ0v) is 13.9. The SMILES string of the molecule is CCC1(C(=O)N2CCC(SC)(C(N)=NO)CC2)CCCC1. The highest BCUT2D eigenvalue weighted by atomic mass is 32.2. The molecule has 1 saturated carbocycles. The van der Waals surface area contributed by atoms with Crippen molar-refractivity contribution in [3.8, 4) is 0 Å². The number of carbonyl (C=O) groups is 1. The molecule has 120 valence electrons. The van der Waals surface area contributed by atoms with Crippen molar-refractivity contribution in [2.45, 2.75) is 56.6 Å². The van der Waals surface area contributed by atoms with Gasteiger partial charge in [-0.2, -0.15) is 11.8 Å². The maximum Gasteiger partial charge on any atom is 0.228 e. The van der Waals surface area contributed by atoms with E-state index in [2.05, 4.69) is 12.1 Å². The second-order valence-corrected chi connectivity index (χ2v) is 7.51. The molecule has 1 aliphatic heterocycles. The summed E-state index contributed by atoms with van der Waals surface area (Å²) in [5.74, 6) is 0.616. The number of carbonyl (C=O) groups excluding carboxylic acids is 1. The van der Waals surface area contributed by atoms with E-state index in [9.17, 15) is 4.79 Å². The molecule has 1 amide bonds. The lowest BCUT2D eigenvalue weighted by Crippen LogP contribution is -2.54. The molecule has 3 N–H and O–H groups in total. The van der Waals surface area contributed by atoms with E-state index in [0.717, 1.165) is 32.1 Å². The highest BCUT2D eigenvalue weighted by molar-refractivity contribution is 8.00. The molecular weight excluding hydrogens is 286 g/mol. The topological polar surface area (TPSA) is 78.9 Å². The fourth-order valence-electron chi connectivity index (χ4n) is 3.83. The Bertz CT molecular complexity index is 411. The summed E-state index contributed by atoms with van der Waals surface area (Å²) in [6, 6.07) is 0. The second kappa shape index (κ2) is 6.46. The third kappa shape index (κ3) is 2.87. The fraction of sp³-hybridized carbons (Fsp3) is 0.867. The Morgan fingerprint density at radius 3 is 2.29 bits per heavy atom. The Balaban J connectivity index is 2.05. The van der Waals surface area contributed by atoms with Crippen molar-refractivity contribution in [2.24, 2.45) is 16.3 Å². The van der Waals surface area contributed by atoms with E-state index < -0.39 is 0 Å². The molecule has 0 bridgehead atoms. The van der Waals surface area contributed by atoms with Crippen LogP contribution in [0.1, 0.15) is 51.9 Å². The van der Waals surface area contributed by atoms with Gasteiger partial charge in [-0.25, -0.2) is 0 Å². The average molecular weight is 313 g/mol. The van der Waals surface area contributed by atoms with Gasteiger partial charge in [-0.1, -0.05) is 24.9 Å². The van der Waals surface area contributed by atoms with Gasteiger partial charge in [0, 0.05) is 18.5 Å². The monoisotopic (exact) mass is 313 g/mol. The minimum Gasteiger partial charge on any atom is -0.409 e. The van der Waals surface area contributed by atoms with Gasteiger partial charge in [0.1, 0.15) is 0 Å². The summed E-state index contributed by atoms with van der Waals surface area (Å²) in [5, 5.41) is 12.2. The van der Waals surface area contributed by atoms with E-state index in [1.54, 1.807) is 11.8 Å². The molecule has 0 aromatic rings. The first kappa shape index (κ1) is 16.5. The molecule has 2 fully saturated rings. The molecule has 0 aromatic heterocycles. The predicted octanol–water partition coefficient (Wildman–Crippen LogP) is 2.43. The second-order valence-electron chi connectivity index (χ2n) is 6.32. The summed E-state index contributed by atoms with van der Waals surface area (Å²) < 4.78 is -0.319. The molecule has 0 aromatic carbocycles. The van der Waals surface area contributed by atoms with Crippen LogP contribution in [0.3, 0.4) is 0 Å². The molecule has 1 saturated heterocycles. The third-order valence-electron chi connectivity index (χ3n) is 5.51. The lowest BCUT2D eigenvalue weighted by atomic mass is 9.81. The van der Waals surface area contributed by atoms with E-state index in [1.165, 1.54) is 12.8 Å². The van der Waals surface area contributed by atoms with Crippen LogP contribution in [0, 0.1) is 5.41 Å². The smallest absolute Gasteiger partial charge is 0.228 e. The average Bonchev–Trinajstić information content (AvgIpc) is 3.03. The van der Waals surface area contributed by atoms with Gasteiger partial charge in [0.25, 0.3) is 0 Å². The molecule has 1 heterocycles. The molecule has 5 nitrogen and oxygen atoms in total. The van der Waals surface area contributed by atoms with Gasteiger partial charge >= 0.3 is 0 Å². The van der Waals surface area contributed by atoms with Gasteiger partial charge < -0.3 is 15.8 Å². The first-order valence-electron chi connectivity index (χ1n) is 7.86. The predicted molar refractivity (Wildman–Crippen MR) is 86.7 cm³/mol. The van der Waals surface area contributed by atoms with E-state index in [1.807, 2.05) is 11.2 Å². The van der Waals surface area contributed by atoms with Crippen LogP contribution >= 0.6 is 11.8 Å². The number of piperidine rings is 1. The quantitative estimate of drug-likeness (QED) is 0.361. The number of hydrogen-bond donors (Lipinski definition) is 2. The van der Waals surface area contributed by atoms with Crippen LogP contribution in [0.15, 0.2) is 5.16 Å². The van der Waals surface area contributed by atoms with E-state index in [4.69, 9.17) is 10.9 Å². The van der Waals surface area contributed by atoms with E-state index in [-0.39, 0.29) is 16.0 Å². The standard InChI is InChI=1S/C15H27N3O2S/c1-3-14(6-4-5-7-14)13(19)18-10-8-15(21-2,9-11-18)12(16)17-20/h20H,3-11H2,1-2H3,(H2,16,17). The van der Waals surface area contributed by atoms with Crippen LogP contribution in [0.4, 0.5) is 0 Å². The van der Waals surface area contributed by atoms with Crippen molar-refractivity contribution in [3.05, 3.63) is 0 Å². The minimum absolute atomic E-state index is 0.115. The number of likely N-dealkylation sites (tertiary alicyclic amines) is 1. The van der Waals surface area contributed by atoms with Gasteiger partial charge in [0.2, 0.25) is 5.91 Å². The third-order valence-corrected chi connectivity index (χ3v) is 6.91. The number of hydrogen-bond acceptors (Lipinski definition) is 4. The molecule has 0 radical (unpaired) electrons. The number of nitrogens with two attached hydrogens (primary N) is 1. The largest absolute Gasteiger partial charge is 0.409 e. The van der Waals surface area contributed by atoms with Crippen molar-refractivity contribution in [1.29, 1.82) is 0 Å². The zero-order chi connectivity index (χ0) is 15.5. The molecule has 21 heavy (non-hydrogen) atoms. The van der Waals surface area contributed by atoms with Gasteiger partial charge in [-0.05, 0) is 38.4 Å². The Morgan fingerprint density at radius 2 is 1.86 bits per heavy atom. The Labute approximate surface area is 131 Å². The number of amidine groups is 1. The van der Waals surface area contributed by atoms with Crippen LogP contribution in [-0.2, 0) is 4.79 Å². The molecule has 2 aliphatic rings. The summed E-state index contributed by atoms with van der Waals surface area (Å²) in [6.07, 6.45) is 8.86. The lowest BCUT2D eigenvalue weighted by molar-refractivity contribution is -0.143. The van der Waals surface area contributed by atoms with Crippen LogP contribution in [0.2, 0.25) is 0 Å².